The quantitative estimate of drug-likeness (QED) is 0.609. The summed E-state index contributed by atoms with van der Waals surface area (Å²) in [6.45, 7) is -0.368. The predicted molar refractivity (Wildman–Crippen MR) is 84.8 cm³/mol. The fourth-order valence-electron chi connectivity index (χ4n) is 2.27. The fourth-order valence-corrected chi connectivity index (χ4v) is 2.27. The van der Waals surface area contributed by atoms with Crippen molar-refractivity contribution in [1.82, 2.24) is 4.90 Å². The lowest BCUT2D eigenvalue weighted by molar-refractivity contribution is -0.137. The zero-order valence-electron chi connectivity index (χ0n) is 12.9. The summed E-state index contributed by atoms with van der Waals surface area (Å²) in [4.78, 5) is 38.0. The molecule has 8 nitrogen and oxygen atoms in total. The molecule has 4 N–H and O–H groups in total. The second kappa shape index (κ2) is 6.49. The van der Waals surface area contributed by atoms with Gasteiger partial charge in [0.05, 0.1) is 18.7 Å². The summed E-state index contributed by atoms with van der Waals surface area (Å²) >= 11 is 0. The van der Waals surface area contributed by atoms with Crippen LogP contribution < -0.4 is 16.0 Å². The maximum atomic E-state index is 12.1. The number of carbonyl (C=O) groups is 3. The monoisotopic (exact) mass is 318 g/mol. The summed E-state index contributed by atoms with van der Waals surface area (Å²) in [7, 11) is 3.56. The SMILES string of the molecule is CN(C)c1ccc(NC2=CC(=O)N(CCO)C2=O)cc1C(N)=O. The molecule has 122 valence electrons. The Balaban J connectivity index is 2.26. The number of amides is 3. The Hall–Kier alpha value is -2.87. The molecule has 0 aromatic heterocycles. The van der Waals surface area contributed by atoms with E-state index in [-0.39, 0.29) is 18.8 Å². The van der Waals surface area contributed by atoms with Gasteiger partial charge in [-0.05, 0) is 18.2 Å². The Morgan fingerprint density at radius 2 is 2.04 bits per heavy atom. The summed E-state index contributed by atoms with van der Waals surface area (Å²) in [6, 6.07) is 4.88. The van der Waals surface area contributed by atoms with Gasteiger partial charge in [0.15, 0.2) is 0 Å². The third kappa shape index (κ3) is 3.32. The molecule has 0 saturated carbocycles. The van der Waals surface area contributed by atoms with Crippen LogP contribution in [0, 0.1) is 0 Å². The van der Waals surface area contributed by atoms with Crippen molar-refractivity contribution in [3.8, 4) is 0 Å². The first-order valence-electron chi connectivity index (χ1n) is 6.91. The van der Waals surface area contributed by atoms with Gasteiger partial charge in [-0.3, -0.25) is 19.3 Å². The van der Waals surface area contributed by atoms with Crippen LogP contribution in [0.1, 0.15) is 10.4 Å². The molecule has 0 atom stereocenters. The van der Waals surface area contributed by atoms with E-state index >= 15 is 0 Å². The summed E-state index contributed by atoms with van der Waals surface area (Å²) in [5.74, 6) is -1.62. The molecule has 1 aromatic rings. The van der Waals surface area contributed by atoms with Gasteiger partial charge in [-0.25, -0.2) is 0 Å². The van der Waals surface area contributed by atoms with E-state index in [2.05, 4.69) is 5.32 Å². The largest absolute Gasteiger partial charge is 0.395 e. The number of hydrogen-bond donors (Lipinski definition) is 3. The maximum Gasteiger partial charge on any atom is 0.277 e. The molecule has 1 aliphatic heterocycles. The van der Waals surface area contributed by atoms with Gasteiger partial charge in [0.2, 0.25) is 0 Å². The van der Waals surface area contributed by atoms with Crippen LogP contribution in [0.3, 0.4) is 0 Å². The van der Waals surface area contributed by atoms with Crippen LogP contribution in [0.4, 0.5) is 11.4 Å². The summed E-state index contributed by atoms with van der Waals surface area (Å²) in [5, 5.41) is 11.7. The molecule has 0 spiro atoms. The number of benzene rings is 1. The van der Waals surface area contributed by atoms with Crippen molar-refractivity contribution in [1.29, 1.82) is 0 Å². The highest BCUT2D eigenvalue weighted by Gasteiger charge is 2.30. The molecule has 0 unspecified atom stereocenters. The Labute approximate surface area is 133 Å². The van der Waals surface area contributed by atoms with Crippen LogP contribution in [-0.2, 0) is 9.59 Å². The number of hydrogen-bond acceptors (Lipinski definition) is 6. The average Bonchev–Trinajstić information content (AvgIpc) is 2.75. The predicted octanol–water partition coefficient (Wildman–Crippen LogP) is -0.492. The van der Waals surface area contributed by atoms with Crippen LogP contribution in [0.15, 0.2) is 30.0 Å². The van der Waals surface area contributed by atoms with Crippen molar-refractivity contribution in [3.05, 3.63) is 35.5 Å². The maximum absolute atomic E-state index is 12.1. The summed E-state index contributed by atoms with van der Waals surface area (Å²) in [6.07, 6.45) is 1.15. The smallest absolute Gasteiger partial charge is 0.277 e. The van der Waals surface area contributed by atoms with Crippen molar-refractivity contribution in [3.63, 3.8) is 0 Å². The number of β-amino-alcohol motifs (C(OH)–C–C–N with tert-alkyl or cyclic N) is 1. The lowest BCUT2D eigenvalue weighted by Crippen LogP contribution is -2.34. The topological polar surface area (TPSA) is 116 Å². The summed E-state index contributed by atoms with van der Waals surface area (Å²) < 4.78 is 0. The number of primary amides is 1. The highest BCUT2D eigenvalue weighted by Crippen LogP contribution is 2.24. The van der Waals surface area contributed by atoms with Crippen LogP contribution in [0.2, 0.25) is 0 Å². The number of carbonyl (C=O) groups excluding carboxylic acids is 3. The second-order valence-electron chi connectivity index (χ2n) is 5.19. The first-order chi connectivity index (χ1) is 10.8. The van der Waals surface area contributed by atoms with Crippen molar-refractivity contribution in [2.24, 2.45) is 5.73 Å². The molecular formula is C15H18N4O4. The van der Waals surface area contributed by atoms with Gasteiger partial charge in [0.1, 0.15) is 5.70 Å². The molecule has 0 radical (unpaired) electrons. The van der Waals surface area contributed by atoms with Crippen LogP contribution >= 0.6 is 0 Å². The number of nitrogens with one attached hydrogen (secondary N) is 1. The minimum atomic E-state index is -0.595. The molecule has 1 heterocycles. The van der Waals surface area contributed by atoms with E-state index < -0.39 is 17.7 Å². The van der Waals surface area contributed by atoms with Crippen LogP contribution in [0.25, 0.3) is 0 Å². The molecule has 0 fully saturated rings. The Morgan fingerprint density at radius 1 is 1.35 bits per heavy atom. The highest BCUT2D eigenvalue weighted by molar-refractivity contribution is 6.17. The standard InChI is InChI=1S/C15H18N4O4/c1-18(2)12-4-3-9(7-10(12)14(16)22)17-11-8-13(21)19(5-6-20)15(11)23/h3-4,7-8,17,20H,5-6H2,1-2H3,(H2,16,22). The number of rotatable bonds is 6. The van der Waals surface area contributed by atoms with Gasteiger partial charge >= 0.3 is 0 Å². The fraction of sp³-hybridized carbons (Fsp3) is 0.267. The normalized spacial score (nSPS) is 14.0. The van der Waals surface area contributed by atoms with E-state index in [0.717, 1.165) is 11.0 Å². The lowest BCUT2D eigenvalue weighted by atomic mass is 10.1. The zero-order valence-corrected chi connectivity index (χ0v) is 12.9. The Morgan fingerprint density at radius 3 is 2.61 bits per heavy atom. The first-order valence-corrected chi connectivity index (χ1v) is 6.91. The van der Waals surface area contributed by atoms with Crippen molar-refractivity contribution in [2.45, 2.75) is 0 Å². The minimum Gasteiger partial charge on any atom is -0.395 e. The van der Waals surface area contributed by atoms with E-state index in [1.807, 2.05) is 0 Å². The summed E-state index contributed by atoms with van der Waals surface area (Å²) in [5.41, 5.74) is 6.86. The van der Waals surface area contributed by atoms with Gasteiger partial charge in [0.25, 0.3) is 17.7 Å². The van der Waals surface area contributed by atoms with E-state index in [1.165, 1.54) is 6.07 Å². The lowest BCUT2D eigenvalue weighted by Gasteiger charge is -2.18. The Kier molecular flexibility index (Phi) is 4.65. The number of aliphatic hydroxyl groups excluding tert-OH is 1. The van der Waals surface area contributed by atoms with E-state index in [1.54, 1.807) is 31.1 Å². The molecule has 23 heavy (non-hydrogen) atoms. The van der Waals surface area contributed by atoms with Crippen molar-refractivity contribution >= 4 is 29.1 Å². The van der Waals surface area contributed by atoms with Crippen LogP contribution in [-0.4, -0.2) is 55.0 Å². The molecule has 0 saturated heterocycles. The van der Waals surface area contributed by atoms with Gasteiger partial charge in [-0.2, -0.15) is 0 Å². The van der Waals surface area contributed by atoms with Gasteiger partial charge in [-0.1, -0.05) is 0 Å². The number of nitrogens with two attached hydrogens (primary N) is 1. The Bertz CT molecular complexity index is 697. The second-order valence-corrected chi connectivity index (χ2v) is 5.19. The van der Waals surface area contributed by atoms with Crippen molar-refractivity contribution in [2.75, 3.05) is 37.5 Å². The third-order valence-electron chi connectivity index (χ3n) is 3.36. The molecule has 8 heteroatoms. The average molecular weight is 318 g/mol. The molecule has 0 aliphatic carbocycles. The molecule has 0 bridgehead atoms. The van der Waals surface area contributed by atoms with Crippen molar-refractivity contribution < 1.29 is 19.5 Å². The highest BCUT2D eigenvalue weighted by atomic mass is 16.3. The first kappa shape index (κ1) is 16.5. The van der Waals surface area contributed by atoms with Gasteiger partial charge < -0.3 is 21.1 Å². The molecule has 1 aliphatic rings. The minimum absolute atomic E-state index is 0.0640. The zero-order chi connectivity index (χ0) is 17.1. The number of nitrogens with zero attached hydrogens (tertiary/aromatic N) is 2. The van der Waals surface area contributed by atoms with Gasteiger partial charge in [-0.15, -0.1) is 0 Å². The van der Waals surface area contributed by atoms with Crippen LogP contribution in [0.5, 0.6) is 0 Å². The number of aliphatic hydroxyl groups is 1. The molecule has 2 rings (SSSR count). The third-order valence-corrected chi connectivity index (χ3v) is 3.36. The van der Waals surface area contributed by atoms with Gasteiger partial charge in [0, 0.05) is 31.5 Å². The molecule has 1 aromatic carbocycles. The van der Waals surface area contributed by atoms with E-state index in [0.29, 0.717) is 16.9 Å². The number of anilines is 2. The van der Waals surface area contributed by atoms with E-state index in [4.69, 9.17) is 10.8 Å². The van der Waals surface area contributed by atoms with E-state index in [9.17, 15) is 14.4 Å². The molecule has 3 amide bonds. The number of imide groups is 1. The molecular weight excluding hydrogens is 300 g/mol.